The van der Waals surface area contributed by atoms with Crippen molar-refractivity contribution in [2.24, 2.45) is 0 Å². The predicted octanol–water partition coefficient (Wildman–Crippen LogP) is 0.308. The minimum Gasteiger partial charge on any atom is -0.480 e. The van der Waals surface area contributed by atoms with E-state index in [-0.39, 0.29) is 5.13 Å². The molecule has 0 saturated heterocycles. The maximum atomic E-state index is 11.3. The van der Waals surface area contributed by atoms with Crippen LogP contribution in [0.3, 0.4) is 0 Å². The van der Waals surface area contributed by atoms with Crippen LogP contribution in [0, 0.1) is 0 Å². The molecule has 0 aliphatic carbocycles. The van der Waals surface area contributed by atoms with E-state index in [0.717, 1.165) is 11.5 Å². The Morgan fingerprint density at radius 2 is 2.31 bits per heavy atom. The van der Waals surface area contributed by atoms with E-state index in [1.54, 1.807) is 0 Å². The zero-order valence-corrected chi connectivity index (χ0v) is 9.32. The molecular weight excluding hydrogens is 234 g/mol. The summed E-state index contributed by atoms with van der Waals surface area (Å²) < 4.78 is 3.45. The third-order valence-electron chi connectivity index (χ3n) is 1.70. The average Bonchev–Trinajstić information content (AvgIpc) is 2.69. The Hall–Kier alpha value is -1.77. The van der Waals surface area contributed by atoms with Gasteiger partial charge in [-0.25, -0.2) is 9.59 Å². The van der Waals surface area contributed by atoms with Crippen LogP contribution >= 0.6 is 11.5 Å². The SMILES string of the molecule is CCC[C@H](NC(=O)Nc1nnns1)C(=O)O. The lowest BCUT2D eigenvalue weighted by molar-refractivity contribution is -0.139. The number of nitrogens with zero attached hydrogens (tertiary/aromatic N) is 3. The van der Waals surface area contributed by atoms with Gasteiger partial charge < -0.3 is 10.4 Å². The molecule has 1 heterocycles. The number of aromatic nitrogens is 3. The molecule has 3 N–H and O–H groups in total. The number of nitrogens with one attached hydrogen (secondary N) is 2. The summed E-state index contributed by atoms with van der Waals surface area (Å²) in [5, 5.41) is 20.4. The fraction of sp³-hybridized carbons (Fsp3) is 0.571. The summed E-state index contributed by atoms with van der Waals surface area (Å²) in [5.74, 6) is -1.06. The van der Waals surface area contributed by atoms with Gasteiger partial charge in [-0.15, -0.1) is 0 Å². The smallest absolute Gasteiger partial charge is 0.326 e. The van der Waals surface area contributed by atoms with Crippen molar-refractivity contribution in [2.75, 3.05) is 5.32 Å². The number of hydrogen-bond acceptors (Lipinski definition) is 6. The maximum Gasteiger partial charge on any atom is 0.326 e. The third kappa shape index (κ3) is 3.77. The van der Waals surface area contributed by atoms with E-state index in [1.165, 1.54) is 0 Å². The van der Waals surface area contributed by atoms with Crippen LogP contribution in [0.4, 0.5) is 9.93 Å². The summed E-state index contributed by atoms with van der Waals surface area (Å²) in [6.07, 6.45) is 1.04. The van der Waals surface area contributed by atoms with Gasteiger partial charge in [-0.2, -0.15) is 0 Å². The Balaban J connectivity index is 2.45. The second kappa shape index (κ2) is 5.95. The van der Waals surface area contributed by atoms with E-state index in [2.05, 4.69) is 25.4 Å². The Morgan fingerprint density at radius 1 is 1.56 bits per heavy atom. The summed E-state index contributed by atoms with van der Waals surface area (Å²) in [5.41, 5.74) is 0. The molecule has 0 aliphatic rings. The van der Waals surface area contributed by atoms with Gasteiger partial charge in [0.15, 0.2) is 0 Å². The number of aliphatic carboxylic acids is 1. The fourth-order valence-corrected chi connectivity index (χ4v) is 1.38. The highest BCUT2D eigenvalue weighted by Gasteiger charge is 2.19. The minimum atomic E-state index is -1.06. The lowest BCUT2D eigenvalue weighted by Crippen LogP contribution is -2.42. The normalized spacial score (nSPS) is 11.8. The summed E-state index contributed by atoms with van der Waals surface area (Å²) in [6, 6.07) is -1.52. The quantitative estimate of drug-likeness (QED) is 0.687. The topological polar surface area (TPSA) is 117 Å². The second-order valence-corrected chi connectivity index (χ2v) is 3.68. The molecule has 8 nitrogen and oxygen atoms in total. The molecule has 2 amide bonds. The zero-order valence-electron chi connectivity index (χ0n) is 8.51. The number of hydrogen-bond donors (Lipinski definition) is 3. The van der Waals surface area contributed by atoms with Gasteiger partial charge in [0.2, 0.25) is 5.13 Å². The van der Waals surface area contributed by atoms with Crippen LogP contribution < -0.4 is 10.6 Å². The highest BCUT2D eigenvalue weighted by atomic mass is 32.1. The number of amides is 2. The molecule has 88 valence electrons. The number of carboxylic acid groups (broad SMARTS) is 1. The molecule has 0 bridgehead atoms. The first-order chi connectivity index (χ1) is 7.63. The van der Waals surface area contributed by atoms with Crippen molar-refractivity contribution < 1.29 is 14.7 Å². The van der Waals surface area contributed by atoms with Crippen molar-refractivity contribution in [3.8, 4) is 0 Å². The number of rotatable bonds is 5. The van der Waals surface area contributed by atoms with Gasteiger partial charge in [0.05, 0.1) is 0 Å². The standard InChI is InChI=1S/C7H11N5O3S/c1-2-3-4(5(13)14)8-6(15)9-7-10-11-12-16-7/h4H,2-3H2,1H3,(H,13,14)(H2,8,9,10,12,15)/t4-/m0/s1. The van der Waals surface area contributed by atoms with E-state index in [1.807, 2.05) is 6.92 Å². The molecule has 0 saturated carbocycles. The van der Waals surface area contributed by atoms with Crippen molar-refractivity contribution >= 4 is 28.7 Å². The molecule has 0 spiro atoms. The molecule has 0 radical (unpaired) electrons. The second-order valence-electron chi connectivity index (χ2n) is 2.95. The Bertz CT molecular complexity index is 355. The summed E-state index contributed by atoms with van der Waals surface area (Å²) >= 11 is 0.908. The van der Waals surface area contributed by atoms with E-state index < -0.39 is 18.0 Å². The van der Waals surface area contributed by atoms with Gasteiger partial charge >= 0.3 is 12.0 Å². The van der Waals surface area contributed by atoms with E-state index in [0.29, 0.717) is 12.8 Å². The Kier molecular flexibility index (Phi) is 4.58. The highest BCUT2D eigenvalue weighted by molar-refractivity contribution is 7.09. The molecule has 0 fully saturated rings. The molecular formula is C7H11N5O3S. The molecule has 1 aromatic heterocycles. The van der Waals surface area contributed by atoms with Crippen LogP contribution in [0.25, 0.3) is 0 Å². The predicted molar refractivity (Wildman–Crippen MR) is 56.2 cm³/mol. The molecule has 16 heavy (non-hydrogen) atoms. The van der Waals surface area contributed by atoms with Crippen LogP contribution in [0.5, 0.6) is 0 Å². The lowest BCUT2D eigenvalue weighted by atomic mass is 10.2. The Labute approximate surface area is 95.2 Å². The molecule has 1 atom stereocenters. The van der Waals surface area contributed by atoms with Gasteiger partial charge in [-0.1, -0.05) is 22.9 Å². The van der Waals surface area contributed by atoms with Crippen LogP contribution in [-0.2, 0) is 4.79 Å². The average molecular weight is 245 g/mol. The number of carbonyl (C=O) groups excluding carboxylic acids is 1. The van der Waals surface area contributed by atoms with Crippen molar-refractivity contribution in [3.05, 3.63) is 0 Å². The maximum absolute atomic E-state index is 11.3. The largest absolute Gasteiger partial charge is 0.480 e. The number of carboxylic acids is 1. The minimum absolute atomic E-state index is 0.220. The highest BCUT2D eigenvalue weighted by Crippen LogP contribution is 2.04. The molecule has 1 rings (SSSR count). The molecule has 0 aromatic carbocycles. The molecule has 0 aliphatic heterocycles. The molecule has 9 heteroatoms. The summed E-state index contributed by atoms with van der Waals surface area (Å²) in [4.78, 5) is 22.1. The summed E-state index contributed by atoms with van der Waals surface area (Å²) in [6.45, 7) is 1.84. The first-order valence-corrected chi connectivity index (χ1v) is 5.36. The van der Waals surface area contributed by atoms with Crippen molar-refractivity contribution in [1.82, 2.24) is 20.1 Å². The first-order valence-electron chi connectivity index (χ1n) is 4.58. The molecule has 0 unspecified atom stereocenters. The molecule has 1 aromatic rings. The van der Waals surface area contributed by atoms with Gasteiger partial charge in [0.1, 0.15) is 6.04 Å². The van der Waals surface area contributed by atoms with E-state index >= 15 is 0 Å². The van der Waals surface area contributed by atoms with E-state index in [4.69, 9.17) is 5.11 Å². The van der Waals surface area contributed by atoms with Crippen molar-refractivity contribution in [1.29, 1.82) is 0 Å². The van der Waals surface area contributed by atoms with Crippen LogP contribution in [-0.4, -0.2) is 37.9 Å². The summed E-state index contributed by atoms with van der Waals surface area (Å²) in [7, 11) is 0. The first kappa shape index (κ1) is 12.3. The third-order valence-corrected chi connectivity index (χ3v) is 2.21. The van der Waals surface area contributed by atoms with Crippen LogP contribution in [0.1, 0.15) is 19.8 Å². The van der Waals surface area contributed by atoms with Gasteiger partial charge in [-0.3, -0.25) is 5.32 Å². The van der Waals surface area contributed by atoms with Gasteiger partial charge in [-0.05, 0) is 11.6 Å². The van der Waals surface area contributed by atoms with Crippen LogP contribution in [0.15, 0.2) is 0 Å². The zero-order chi connectivity index (χ0) is 12.0. The Morgan fingerprint density at radius 3 is 2.81 bits per heavy atom. The number of carbonyl (C=O) groups is 2. The number of anilines is 1. The van der Waals surface area contributed by atoms with Gasteiger partial charge in [0.25, 0.3) is 0 Å². The van der Waals surface area contributed by atoms with Gasteiger partial charge in [0, 0.05) is 11.5 Å². The fourth-order valence-electron chi connectivity index (χ4n) is 1.02. The monoisotopic (exact) mass is 245 g/mol. The lowest BCUT2D eigenvalue weighted by Gasteiger charge is -2.12. The number of urea groups is 1. The van der Waals surface area contributed by atoms with Crippen molar-refractivity contribution in [2.45, 2.75) is 25.8 Å². The van der Waals surface area contributed by atoms with Crippen molar-refractivity contribution in [3.63, 3.8) is 0 Å². The van der Waals surface area contributed by atoms with Crippen LogP contribution in [0.2, 0.25) is 0 Å². The van der Waals surface area contributed by atoms with E-state index in [9.17, 15) is 9.59 Å².